The highest BCUT2D eigenvalue weighted by Gasteiger charge is 2.16. The fraction of sp³-hybridized carbons (Fsp3) is 0. The Bertz CT molecular complexity index is 1080. The van der Waals surface area contributed by atoms with E-state index < -0.39 is 4.92 Å². The Labute approximate surface area is 140 Å². The van der Waals surface area contributed by atoms with Crippen LogP contribution in [0.15, 0.2) is 71.0 Å². The molecular weight excluding hydrogens is 324 g/mol. The summed E-state index contributed by atoms with van der Waals surface area (Å²) in [4.78, 5) is 24.6. The maximum absolute atomic E-state index is 11.2. The first-order valence-corrected chi connectivity index (χ1v) is 7.95. The lowest BCUT2D eigenvalue weighted by molar-refractivity contribution is -0.383. The third kappa shape index (κ3) is 2.44. The van der Waals surface area contributed by atoms with Crippen LogP contribution in [0.1, 0.15) is 0 Å². The van der Waals surface area contributed by atoms with Crippen molar-refractivity contribution >= 4 is 39.3 Å². The van der Waals surface area contributed by atoms with Gasteiger partial charge in [-0.2, -0.15) is 0 Å². The molecule has 0 bridgehead atoms. The number of pyridine rings is 1. The zero-order valence-corrected chi connectivity index (χ0v) is 13.1. The number of hydrogen-bond acceptors (Lipinski definition) is 6. The van der Waals surface area contributed by atoms with Crippen molar-refractivity contribution in [3.8, 4) is 0 Å². The van der Waals surface area contributed by atoms with Crippen molar-refractivity contribution in [2.24, 2.45) is 0 Å². The molecule has 0 fully saturated rings. The van der Waals surface area contributed by atoms with Crippen LogP contribution in [-0.2, 0) is 0 Å². The van der Waals surface area contributed by atoms with Gasteiger partial charge in [-0.1, -0.05) is 30.0 Å². The van der Waals surface area contributed by atoms with Gasteiger partial charge in [-0.25, -0.2) is 9.97 Å². The summed E-state index contributed by atoms with van der Waals surface area (Å²) < 4.78 is 0. The van der Waals surface area contributed by atoms with Crippen LogP contribution in [0.3, 0.4) is 0 Å². The minimum absolute atomic E-state index is 0.0509. The highest BCUT2D eigenvalue weighted by atomic mass is 32.2. The van der Waals surface area contributed by atoms with Crippen molar-refractivity contribution in [2.75, 3.05) is 0 Å². The molecule has 2 aromatic carbocycles. The van der Waals surface area contributed by atoms with E-state index in [-0.39, 0.29) is 5.69 Å². The summed E-state index contributed by atoms with van der Waals surface area (Å²) in [5.41, 5.74) is 1.50. The standard InChI is InChI=1S/C17H10N4O2S/c22-21(23)14-7-8-15(16-12(14)5-3-9-18-16)24-17-11-4-1-2-6-13(11)19-10-20-17/h1-10H. The Morgan fingerprint density at radius 2 is 1.75 bits per heavy atom. The van der Waals surface area contributed by atoms with Crippen LogP contribution in [-0.4, -0.2) is 19.9 Å². The number of non-ortho nitro benzene ring substituents is 1. The van der Waals surface area contributed by atoms with Gasteiger partial charge in [0, 0.05) is 22.5 Å². The van der Waals surface area contributed by atoms with Crippen LogP contribution in [0.2, 0.25) is 0 Å². The maximum atomic E-state index is 11.2. The van der Waals surface area contributed by atoms with E-state index >= 15 is 0 Å². The zero-order chi connectivity index (χ0) is 16.5. The molecule has 0 atom stereocenters. The molecule has 4 aromatic rings. The Balaban J connectivity index is 1.88. The van der Waals surface area contributed by atoms with E-state index in [9.17, 15) is 10.1 Å². The summed E-state index contributed by atoms with van der Waals surface area (Å²) in [7, 11) is 0. The van der Waals surface area contributed by atoms with Crippen LogP contribution in [0.25, 0.3) is 21.8 Å². The first-order valence-electron chi connectivity index (χ1n) is 7.14. The summed E-state index contributed by atoms with van der Waals surface area (Å²) in [6.07, 6.45) is 3.15. The number of benzene rings is 2. The zero-order valence-electron chi connectivity index (χ0n) is 12.3. The van der Waals surface area contributed by atoms with Crippen molar-refractivity contribution in [2.45, 2.75) is 9.92 Å². The predicted octanol–water partition coefficient (Wildman–Crippen LogP) is 4.24. The number of rotatable bonds is 3. The molecule has 0 saturated carbocycles. The third-order valence-electron chi connectivity index (χ3n) is 3.62. The monoisotopic (exact) mass is 334 g/mol. The average Bonchev–Trinajstić information content (AvgIpc) is 2.62. The van der Waals surface area contributed by atoms with E-state index in [2.05, 4.69) is 15.0 Å². The van der Waals surface area contributed by atoms with Gasteiger partial charge in [-0.05, 0) is 24.3 Å². The summed E-state index contributed by atoms with van der Waals surface area (Å²) in [6.45, 7) is 0. The van der Waals surface area contributed by atoms with Gasteiger partial charge in [0.1, 0.15) is 11.4 Å². The molecule has 116 valence electrons. The second-order valence-corrected chi connectivity index (χ2v) is 6.07. The molecular formula is C17H10N4O2S. The Kier molecular flexibility index (Phi) is 3.55. The van der Waals surface area contributed by atoms with E-state index in [0.717, 1.165) is 20.8 Å². The summed E-state index contributed by atoms with van der Waals surface area (Å²) in [5, 5.41) is 13.5. The van der Waals surface area contributed by atoms with Crippen molar-refractivity contribution in [3.05, 3.63) is 71.2 Å². The molecule has 0 N–H and O–H groups in total. The van der Waals surface area contributed by atoms with Crippen molar-refractivity contribution in [3.63, 3.8) is 0 Å². The van der Waals surface area contributed by atoms with Crippen LogP contribution in [0.5, 0.6) is 0 Å². The lowest BCUT2D eigenvalue weighted by atomic mass is 10.2. The number of nitrogens with zero attached hydrogens (tertiary/aromatic N) is 4. The van der Waals surface area contributed by atoms with E-state index in [1.165, 1.54) is 24.2 Å². The molecule has 4 rings (SSSR count). The van der Waals surface area contributed by atoms with E-state index in [0.29, 0.717) is 10.9 Å². The van der Waals surface area contributed by atoms with Crippen LogP contribution in [0.4, 0.5) is 5.69 Å². The van der Waals surface area contributed by atoms with Gasteiger partial charge < -0.3 is 0 Å². The van der Waals surface area contributed by atoms with Gasteiger partial charge in [0.2, 0.25) is 0 Å². The molecule has 6 nitrogen and oxygen atoms in total. The molecule has 0 saturated heterocycles. The molecule has 2 heterocycles. The maximum Gasteiger partial charge on any atom is 0.278 e. The molecule has 0 aliphatic rings. The lowest BCUT2D eigenvalue weighted by Crippen LogP contribution is -1.92. The van der Waals surface area contributed by atoms with E-state index in [1.54, 1.807) is 24.4 Å². The highest BCUT2D eigenvalue weighted by molar-refractivity contribution is 7.99. The molecule has 7 heteroatoms. The topological polar surface area (TPSA) is 81.8 Å². The fourth-order valence-electron chi connectivity index (χ4n) is 2.54. The van der Waals surface area contributed by atoms with Crippen molar-refractivity contribution in [1.29, 1.82) is 0 Å². The Morgan fingerprint density at radius 1 is 0.917 bits per heavy atom. The molecule has 0 spiro atoms. The number of nitro benzene ring substituents is 1. The summed E-state index contributed by atoms with van der Waals surface area (Å²) >= 11 is 1.43. The van der Waals surface area contributed by atoms with Gasteiger partial charge in [0.05, 0.1) is 21.3 Å². The normalized spacial score (nSPS) is 11.0. The smallest absolute Gasteiger partial charge is 0.258 e. The Morgan fingerprint density at radius 3 is 2.62 bits per heavy atom. The Hall–Kier alpha value is -3.06. The number of nitro groups is 1. The third-order valence-corrected chi connectivity index (χ3v) is 4.69. The van der Waals surface area contributed by atoms with Crippen molar-refractivity contribution in [1.82, 2.24) is 15.0 Å². The largest absolute Gasteiger partial charge is 0.278 e. The molecule has 0 amide bonds. The molecule has 0 aliphatic heterocycles. The van der Waals surface area contributed by atoms with Crippen LogP contribution >= 0.6 is 11.8 Å². The van der Waals surface area contributed by atoms with Gasteiger partial charge >= 0.3 is 0 Å². The molecule has 0 unspecified atom stereocenters. The molecule has 2 aromatic heterocycles. The summed E-state index contributed by atoms with van der Waals surface area (Å²) in [5.74, 6) is 0. The van der Waals surface area contributed by atoms with Gasteiger partial charge in [-0.3, -0.25) is 15.1 Å². The molecule has 24 heavy (non-hydrogen) atoms. The number of hydrogen-bond donors (Lipinski definition) is 0. The SMILES string of the molecule is O=[N+]([O-])c1ccc(Sc2ncnc3ccccc23)c2ncccc12. The number of para-hydroxylation sites is 1. The second kappa shape index (κ2) is 5.86. The van der Waals surface area contributed by atoms with Gasteiger partial charge in [0.25, 0.3) is 5.69 Å². The molecule has 0 radical (unpaired) electrons. The van der Waals surface area contributed by atoms with E-state index in [4.69, 9.17) is 0 Å². The van der Waals surface area contributed by atoms with Gasteiger partial charge in [0.15, 0.2) is 0 Å². The fourth-order valence-corrected chi connectivity index (χ4v) is 3.52. The second-order valence-electron chi connectivity index (χ2n) is 5.04. The molecule has 0 aliphatic carbocycles. The van der Waals surface area contributed by atoms with Crippen LogP contribution < -0.4 is 0 Å². The highest BCUT2D eigenvalue weighted by Crippen LogP contribution is 2.37. The van der Waals surface area contributed by atoms with E-state index in [1.807, 2.05) is 24.3 Å². The number of aromatic nitrogens is 3. The summed E-state index contributed by atoms with van der Waals surface area (Å²) in [6, 6.07) is 14.4. The first kappa shape index (κ1) is 14.5. The average molecular weight is 334 g/mol. The minimum Gasteiger partial charge on any atom is -0.258 e. The van der Waals surface area contributed by atoms with Crippen molar-refractivity contribution < 1.29 is 4.92 Å². The number of fused-ring (bicyclic) bond motifs is 2. The minimum atomic E-state index is -0.390. The van der Waals surface area contributed by atoms with Gasteiger partial charge in [-0.15, -0.1) is 0 Å². The lowest BCUT2D eigenvalue weighted by Gasteiger charge is -2.07. The quantitative estimate of drug-likeness (QED) is 0.317. The predicted molar refractivity (Wildman–Crippen MR) is 92.1 cm³/mol. The first-order chi connectivity index (χ1) is 11.7. The van der Waals surface area contributed by atoms with Crippen LogP contribution in [0, 0.1) is 10.1 Å².